The summed E-state index contributed by atoms with van der Waals surface area (Å²) in [5.41, 5.74) is 5.30. The number of aliphatic hydroxyl groups excluding tert-OH is 1. The highest BCUT2D eigenvalue weighted by molar-refractivity contribution is 5.73. The number of carbonyl (C=O) groups excluding carboxylic acids is 1. The molecule has 0 spiro atoms. The number of carbonyl (C=O) groups is 1. The van der Waals surface area contributed by atoms with Crippen LogP contribution in [0.15, 0.2) is 22.8 Å². The van der Waals surface area contributed by atoms with Gasteiger partial charge in [0.2, 0.25) is 0 Å². The summed E-state index contributed by atoms with van der Waals surface area (Å²) in [4.78, 5) is 13.0. The summed E-state index contributed by atoms with van der Waals surface area (Å²) in [6, 6.07) is 0. The number of rotatable bonds is 5. The molecule has 1 N–H and O–H groups in total. The lowest BCUT2D eigenvalue weighted by Crippen LogP contribution is -2.55. The summed E-state index contributed by atoms with van der Waals surface area (Å²) < 4.78 is 5.37. The largest absolute Gasteiger partial charge is 0.469 e. The third-order valence-corrected chi connectivity index (χ3v) is 11.8. The van der Waals surface area contributed by atoms with Gasteiger partial charge in [0, 0.05) is 0 Å². The Morgan fingerprint density at radius 2 is 1.74 bits per heavy atom. The average molecular weight is 471 g/mol. The van der Waals surface area contributed by atoms with E-state index in [9.17, 15) is 9.90 Å². The van der Waals surface area contributed by atoms with Crippen LogP contribution in [0.4, 0.5) is 0 Å². The number of aliphatic hydroxyl groups is 1. The van der Waals surface area contributed by atoms with Crippen LogP contribution in [0.5, 0.6) is 0 Å². The van der Waals surface area contributed by atoms with Crippen molar-refractivity contribution in [3.05, 3.63) is 22.8 Å². The van der Waals surface area contributed by atoms with Gasteiger partial charge in [0.25, 0.3) is 0 Å². The van der Waals surface area contributed by atoms with E-state index in [-0.39, 0.29) is 39.7 Å². The third-order valence-electron chi connectivity index (χ3n) is 11.8. The van der Waals surface area contributed by atoms with Gasteiger partial charge in [-0.15, -0.1) is 0 Å². The molecule has 0 saturated heterocycles. The third kappa shape index (κ3) is 3.66. The zero-order valence-corrected chi connectivity index (χ0v) is 23.2. The van der Waals surface area contributed by atoms with Gasteiger partial charge in [0.1, 0.15) is 0 Å². The normalized spacial score (nSPS) is 41.7. The van der Waals surface area contributed by atoms with Crippen molar-refractivity contribution in [3.8, 4) is 0 Å². The van der Waals surface area contributed by atoms with Gasteiger partial charge in [-0.3, -0.25) is 4.79 Å². The number of ether oxygens (including phenoxy) is 1. The molecule has 0 aromatic carbocycles. The van der Waals surface area contributed by atoms with Crippen molar-refractivity contribution in [1.29, 1.82) is 0 Å². The van der Waals surface area contributed by atoms with E-state index in [0.717, 1.165) is 32.1 Å². The van der Waals surface area contributed by atoms with E-state index >= 15 is 0 Å². The lowest BCUT2D eigenvalue weighted by atomic mass is 9.43. The topological polar surface area (TPSA) is 46.5 Å². The maximum Gasteiger partial charge on any atom is 0.308 e. The Balaban J connectivity index is 1.70. The Hall–Kier alpha value is -1.09. The molecule has 34 heavy (non-hydrogen) atoms. The minimum Gasteiger partial charge on any atom is -0.469 e. The molecule has 0 aromatic rings. The fraction of sp³-hybridized carbons (Fsp3) is 0.839. The highest BCUT2D eigenvalue weighted by Crippen LogP contribution is 2.72. The van der Waals surface area contributed by atoms with Crippen molar-refractivity contribution < 1.29 is 14.6 Å². The number of esters is 1. The van der Waals surface area contributed by atoms with Crippen LogP contribution in [-0.4, -0.2) is 24.3 Å². The minimum atomic E-state index is -0.186. The van der Waals surface area contributed by atoms with E-state index in [1.54, 1.807) is 18.3 Å². The molecule has 4 aliphatic rings. The van der Waals surface area contributed by atoms with Gasteiger partial charge in [-0.1, -0.05) is 57.4 Å². The van der Waals surface area contributed by atoms with Crippen molar-refractivity contribution in [1.82, 2.24) is 0 Å². The zero-order chi connectivity index (χ0) is 25.1. The van der Waals surface area contributed by atoms with Crippen LogP contribution < -0.4 is 0 Å². The molecular weight excluding hydrogens is 420 g/mol. The quantitative estimate of drug-likeness (QED) is 0.332. The second kappa shape index (κ2) is 8.79. The first kappa shape index (κ1) is 26.0. The maximum absolute atomic E-state index is 13.0. The summed E-state index contributed by atoms with van der Waals surface area (Å²) in [7, 11) is 1.57. The monoisotopic (exact) mass is 470 g/mol. The summed E-state index contributed by atoms with van der Waals surface area (Å²) in [5, 5.41) is 10.8. The highest BCUT2D eigenvalue weighted by Gasteiger charge is 2.64. The second-order valence-electron chi connectivity index (χ2n) is 13.7. The Morgan fingerprint density at radius 1 is 1.03 bits per heavy atom. The Morgan fingerprint density at radius 3 is 2.38 bits per heavy atom. The molecule has 3 unspecified atom stereocenters. The van der Waals surface area contributed by atoms with Gasteiger partial charge in [-0.25, -0.2) is 0 Å². The lowest BCUT2D eigenvalue weighted by molar-refractivity contribution is -0.150. The van der Waals surface area contributed by atoms with Gasteiger partial charge < -0.3 is 9.84 Å². The summed E-state index contributed by atoms with van der Waals surface area (Å²) >= 11 is 0. The van der Waals surface area contributed by atoms with E-state index in [2.05, 4.69) is 54.5 Å². The molecule has 0 aromatic heterocycles. The van der Waals surface area contributed by atoms with E-state index in [0.29, 0.717) is 11.8 Å². The standard InChI is InChI=1S/C31H50O3/c1-20(2)10-9-11-21(27(33)34-8)22-14-18-31(7)24-12-13-25-28(3,4)26(32)16-17-29(25,5)23(24)15-19-30(22,31)6/h10,21-22,25-26,32H,9,11-19H2,1-8H3/t21?,22-,25?,26+,29-,30-,31?/m1/s1. The first-order valence-electron chi connectivity index (χ1n) is 13.9. The first-order chi connectivity index (χ1) is 15.8. The Labute approximate surface area is 208 Å². The number of methoxy groups -OCH3 is 1. The average Bonchev–Trinajstić information content (AvgIpc) is 3.05. The van der Waals surface area contributed by atoms with Crippen LogP contribution >= 0.6 is 0 Å². The lowest BCUT2D eigenvalue weighted by Gasteiger charge is -2.62. The highest BCUT2D eigenvalue weighted by atomic mass is 16.5. The fourth-order valence-electron chi connectivity index (χ4n) is 9.55. The van der Waals surface area contributed by atoms with E-state index in [1.807, 2.05) is 0 Å². The molecule has 3 heteroatoms. The van der Waals surface area contributed by atoms with Crippen molar-refractivity contribution in [2.45, 2.75) is 119 Å². The van der Waals surface area contributed by atoms with Gasteiger partial charge in [-0.05, 0) is 112 Å². The molecule has 2 fully saturated rings. The molecule has 3 nitrogen and oxygen atoms in total. The maximum atomic E-state index is 13.0. The first-order valence-corrected chi connectivity index (χ1v) is 13.9. The molecule has 0 aliphatic heterocycles. The van der Waals surface area contributed by atoms with Crippen LogP contribution in [0.25, 0.3) is 0 Å². The summed E-state index contributed by atoms with van der Waals surface area (Å²) in [6.07, 6.45) is 13.0. The molecule has 4 aliphatic carbocycles. The van der Waals surface area contributed by atoms with Crippen molar-refractivity contribution >= 4 is 5.97 Å². The van der Waals surface area contributed by atoms with Gasteiger partial charge >= 0.3 is 5.97 Å². The number of fused-ring (bicyclic) bond motifs is 4. The van der Waals surface area contributed by atoms with Crippen LogP contribution in [0, 0.1) is 39.4 Å². The zero-order valence-electron chi connectivity index (χ0n) is 23.2. The number of allylic oxidation sites excluding steroid dienone is 4. The fourth-order valence-corrected chi connectivity index (χ4v) is 9.55. The molecule has 7 atom stereocenters. The number of hydrogen-bond donors (Lipinski definition) is 1. The molecule has 0 heterocycles. The van der Waals surface area contributed by atoms with Crippen LogP contribution in [0.3, 0.4) is 0 Å². The van der Waals surface area contributed by atoms with E-state index < -0.39 is 0 Å². The van der Waals surface area contributed by atoms with E-state index in [4.69, 9.17) is 4.74 Å². The summed E-state index contributed by atoms with van der Waals surface area (Å²) in [5.74, 6) is 0.931. The summed E-state index contributed by atoms with van der Waals surface area (Å²) in [6.45, 7) is 16.5. The molecule has 0 radical (unpaired) electrons. The van der Waals surface area contributed by atoms with E-state index in [1.165, 1.54) is 37.7 Å². The smallest absolute Gasteiger partial charge is 0.308 e. The molecule has 2 saturated carbocycles. The van der Waals surface area contributed by atoms with Gasteiger partial charge in [0.05, 0.1) is 19.1 Å². The molecular formula is C31H50O3. The van der Waals surface area contributed by atoms with Gasteiger partial charge in [0.15, 0.2) is 0 Å². The van der Waals surface area contributed by atoms with Crippen LogP contribution in [0.2, 0.25) is 0 Å². The molecule has 192 valence electrons. The van der Waals surface area contributed by atoms with Crippen molar-refractivity contribution in [2.75, 3.05) is 7.11 Å². The van der Waals surface area contributed by atoms with Crippen LogP contribution in [0.1, 0.15) is 113 Å². The molecule has 0 bridgehead atoms. The molecule has 4 rings (SSSR count). The predicted octanol–water partition coefficient (Wildman–Crippen LogP) is 7.63. The van der Waals surface area contributed by atoms with Crippen molar-refractivity contribution in [2.24, 2.45) is 39.4 Å². The Kier molecular flexibility index (Phi) is 6.71. The Bertz CT molecular complexity index is 877. The number of hydrogen-bond acceptors (Lipinski definition) is 3. The molecule has 0 amide bonds. The minimum absolute atomic E-state index is 0.00362. The van der Waals surface area contributed by atoms with Crippen molar-refractivity contribution in [3.63, 3.8) is 0 Å². The SMILES string of the molecule is COC(=O)C(CCC=C(C)C)[C@H]1CCC2(C)C3=C(CC[C@]12C)[C@@]1(C)CC[C@H](O)C(C)(C)C1CC3. The van der Waals surface area contributed by atoms with Gasteiger partial charge in [-0.2, -0.15) is 0 Å². The predicted molar refractivity (Wildman–Crippen MR) is 139 cm³/mol. The second-order valence-corrected chi connectivity index (χ2v) is 13.7. The van der Waals surface area contributed by atoms with Crippen LogP contribution in [-0.2, 0) is 9.53 Å².